The van der Waals surface area contributed by atoms with Crippen LogP contribution in [0.2, 0.25) is 0 Å². The van der Waals surface area contributed by atoms with Crippen LogP contribution in [0.1, 0.15) is 135 Å². The van der Waals surface area contributed by atoms with Crippen molar-refractivity contribution >= 4 is 23.1 Å². The van der Waals surface area contributed by atoms with Crippen LogP contribution in [0, 0.1) is 0 Å². The molecule has 3 aromatic rings. The lowest BCUT2D eigenvalue weighted by Gasteiger charge is -2.44. The molecule has 57 heavy (non-hydrogen) atoms. The van der Waals surface area contributed by atoms with Crippen molar-refractivity contribution < 1.29 is 24.2 Å². The van der Waals surface area contributed by atoms with E-state index in [0.717, 1.165) is 56.4 Å². The summed E-state index contributed by atoms with van der Waals surface area (Å²) < 4.78 is 13.2. The summed E-state index contributed by atoms with van der Waals surface area (Å²) in [5.74, 6) is 0.329. The number of rotatable bonds is 15. The number of anilines is 1. The molecule has 0 aromatic heterocycles. The molecule has 0 saturated carbocycles. The van der Waals surface area contributed by atoms with E-state index in [9.17, 15) is 9.59 Å². The molecule has 0 fully saturated rings. The molecule has 4 aliphatic rings. The fourth-order valence-electron chi connectivity index (χ4n) is 10.6. The summed E-state index contributed by atoms with van der Waals surface area (Å²) in [7, 11) is 1.89. The van der Waals surface area contributed by atoms with Crippen LogP contribution in [0.25, 0.3) is 5.57 Å². The lowest BCUT2D eigenvalue weighted by Crippen LogP contribution is -2.53. The number of carbonyl (C=O) groups excluding carboxylic acids is 2. The van der Waals surface area contributed by atoms with E-state index in [2.05, 4.69) is 86.7 Å². The number of aliphatic hydroxyl groups excluding tert-OH is 1. The van der Waals surface area contributed by atoms with Crippen LogP contribution in [-0.4, -0.2) is 93.7 Å². The number of aliphatic hydroxyl groups is 1. The van der Waals surface area contributed by atoms with Gasteiger partial charge in [0, 0.05) is 67.8 Å². The molecule has 0 radical (unpaired) electrons. The van der Waals surface area contributed by atoms with Crippen molar-refractivity contribution in [2.45, 2.75) is 110 Å². The van der Waals surface area contributed by atoms with Crippen molar-refractivity contribution in [1.29, 1.82) is 0 Å². The molecule has 1 unspecified atom stereocenters. The first-order valence-electron chi connectivity index (χ1n) is 21.5. The van der Waals surface area contributed by atoms with Crippen molar-refractivity contribution in [3.8, 4) is 0 Å². The fraction of sp³-hybridized carbons (Fsp3) is 0.562. The molecule has 2 N–H and O–H groups in total. The molecule has 1 aliphatic carbocycles. The van der Waals surface area contributed by atoms with Gasteiger partial charge in [-0.2, -0.15) is 0 Å². The zero-order chi connectivity index (χ0) is 40.5. The molecule has 0 spiro atoms. The third-order valence-electron chi connectivity index (χ3n) is 13.1. The fourth-order valence-corrected chi connectivity index (χ4v) is 10.6. The van der Waals surface area contributed by atoms with Gasteiger partial charge in [0.1, 0.15) is 13.3 Å². The van der Waals surface area contributed by atoms with Gasteiger partial charge in [-0.15, -0.1) is 0 Å². The van der Waals surface area contributed by atoms with E-state index >= 15 is 0 Å². The van der Waals surface area contributed by atoms with Gasteiger partial charge in [-0.1, -0.05) is 39.0 Å². The van der Waals surface area contributed by atoms with Gasteiger partial charge < -0.3 is 29.7 Å². The Morgan fingerprint density at radius 2 is 1.74 bits per heavy atom. The van der Waals surface area contributed by atoms with E-state index in [0.29, 0.717) is 44.9 Å². The zero-order valence-corrected chi connectivity index (χ0v) is 35.6. The lowest BCUT2D eigenvalue weighted by molar-refractivity contribution is -0.123. The Morgan fingerprint density at radius 3 is 2.51 bits per heavy atom. The lowest BCUT2D eigenvalue weighted by atomic mass is 9.64. The second-order valence-electron chi connectivity index (χ2n) is 17.8. The molecule has 9 nitrogen and oxygen atoms in total. The predicted molar refractivity (Wildman–Crippen MR) is 228 cm³/mol. The summed E-state index contributed by atoms with van der Waals surface area (Å²) in [4.78, 5) is 31.5. The number of ether oxygens (including phenoxy) is 2. The highest BCUT2D eigenvalue weighted by Crippen LogP contribution is 2.49. The van der Waals surface area contributed by atoms with Crippen molar-refractivity contribution in [1.82, 2.24) is 14.8 Å². The normalized spacial score (nSPS) is 18.7. The molecule has 9 heteroatoms. The smallest absolute Gasteiger partial charge is 0.254 e. The summed E-state index contributed by atoms with van der Waals surface area (Å²) in [6.07, 6.45) is 7.34. The van der Waals surface area contributed by atoms with Crippen LogP contribution in [0.5, 0.6) is 0 Å². The number of nitrogens with one attached hydrogen (secondary N) is 1. The van der Waals surface area contributed by atoms with Crippen molar-refractivity contribution in [2.75, 3.05) is 71.3 Å². The van der Waals surface area contributed by atoms with Gasteiger partial charge in [-0.05, 0) is 128 Å². The number of unbranched alkanes of at least 4 members (excludes halogenated alkanes) is 1. The Morgan fingerprint density at radius 1 is 0.982 bits per heavy atom. The minimum Gasteiger partial charge on any atom is -0.394 e. The Kier molecular flexibility index (Phi) is 12.3. The maximum Gasteiger partial charge on any atom is 0.254 e. The van der Waals surface area contributed by atoms with Gasteiger partial charge in [0.05, 0.1) is 26.4 Å². The van der Waals surface area contributed by atoms with Crippen LogP contribution in [-0.2, 0) is 32.5 Å². The maximum atomic E-state index is 14.6. The second-order valence-corrected chi connectivity index (χ2v) is 17.8. The Hall–Kier alpha value is -4.05. The SMILES string of the molecule is CC[N+]1=c2cc3c(cc2C(C)CC1(C)C)=C(c1ccccc1C(=O)N(C)CCCCC(=O)NCOCCOCCO)c1cc2c4c(c1C3(C)C)CCCN4CCC2. The Bertz CT molecular complexity index is 2140. The number of benzene rings is 3. The van der Waals surface area contributed by atoms with Crippen LogP contribution >= 0.6 is 0 Å². The first-order valence-corrected chi connectivity index (χ1v) is 21.5. The average Bonchev–Trinajstić information content (AvgIpc) is 3.18. The number of carbonyl (C=O) groups is 2. The Labute approximate surface area is 339 Å². The number of amides is 2. The number of nitrogens with zero attached hydrogens (tertiary/aromatic N) is 3. The number of aryl methyl sites for hydroxylation is 1. The van der Waals surface area contributed by atoms with Gasteiger partial charge in [-0.25, -0.2) is 4.58 Å². The molecule has 2 amide bonds. The highest BCUT2D eigenvalue weighted by molar-refractivity contribution is 6.02. The van der Waals surface area contributed by atoms with Crippen molar-refractivity contribution in [3.63, 3.8) is 0 Å². The first kappa shape index (κ1) is 41.1. The molecule has 3 heterocycles. The molecule has 1 atom stereocenters. The zero-order valence-electron chi connectivity index (χ0n) is 35.6. The van der Waals surface area contributed by atoms with Crippen LogP contribution in [0.3, 0.4) is 0 Å². The molecular weight excluding hydrogens is 713 g/mol. The number of hydrogen-bond donors (Lipinski definition) is 2. The van der Waals surface area contributed by atoms with Gasteiger partial charge in [-0.3, -0.25) is 9.59 Å². The van der Waals surface area contributed by atoms with E-state index < -0.39 is 0 Å². The van der Waals surface area contributed by atoms with Gasteiger partial charge in [0.25, 0.3) is 5.91 Å². The molecular formula is C48H65N4O5+. The summed E-state index contributed by atoms with van der Waals surface area (Å²) in [5, 5.41) is 14.2. The van der Waals surface area contributed by atoms with E-state index in [1.165, 1.54) is 61.6 Å². The van der Waals surface area contributed by atoms with Gasteiger partial charge >= 0.3 is 0 Å². The van der Waals surface area contributed by atoms with Gasteiger partial charge in [0.15, 0.2) is 5.54 Å². The molecule has 7 rings (SSSR count). The highest BCUT2D eigenvalue weighted by atomic mass is 16.5. The summed E-state index contributed by atoms with van der Waals surface area (Å²) in [5.41, 5.74) is 12.7. The van der Waals surface area contributed by atoms with Crippen LogP contribution < -0.4 is 25.4 Å². The topological polar surface area (TPSA) is 94.4 Å². The van der Waals surface area contributed by atoms with Crippen LogP contribution in [0.4, 0.5) is 5.69 Å². The standard InChI is InChI=1S/C48H64N4O5/c1-8-52-41-29-40-38(28-37(41)32(2)30-47(52,3)4)43(39-27-33-15-13-21-51-22-14-18-36(45(33)51)44(39)48(40,5)6)34-16-9-10-17-35(34)46(55)50(7)20-12-11-19-42(54)49-31-57-26-25-56-24-23-53/h9-10,16-17,27-29,32,53H,8,11-15,18-26,30-31H2,1-7H3/p+1. The van der Waals surface area contributed by atoms with Crippen molar-refractivity contribution in [2.24, 2.45) is 0 Å². The van der Waals surface area contributed by atoms with E-state index in [1.54, 1.807) is 0 Å². The average molecular weight is 778 g/mol. The monoisotopic (exact) mass is 777 g/mol. The van der Waals surface area contributed by atoms with Crippen molar-refractivity contribution in [3.05, 3.63) is 97.5 Å². The van der Waals surface area contributed by atoms with Gasteiger partial charge in [0.2, 0.25) is 11.3 Å². The molecule has 0 saturated heterocycles. The first-order chi connectivity index (χ1) is 27.4. The molecule has 3 aromatic carbocycles. The molecule has 0 bridgehead atoms. The second kappa shape index (κ2) is 17.0. The highest BCUT2D eigenvalue weighted by Gasteiger charge is 2.43. The summed E-state index contributed by atoms with van der Waals surface area (Å²) >= 11 is 0. The summed E-state index contributed by atoms with van der Waals surface area (Å²) in [6, 6.07) is 15.8. The molecule has 306 valence electrons. The Balaban J connectivity index is 1.26. The maximum absolute atomic E-state index is 14.6. The summed E-state index contributed by atoms with van der Waals surface area (Å²) in [6.45, 7) is 19.2. The number of hydrogen-bond acceptors (Lipinski definition) is 6. The number of fused-ring (bicyclic) bond motifs is 4. The quantitative estimate of drug-likeness (QED) is 0.122. The van der Waals surface area contributed by atoms with E-state index in [1.807, 2.05) is 24.1 Å². The largest absolute Gasteiger partial charge is 0.394 e. The van der Waals surface area contributed by atoms with Crippen LogP contribution in [0.15, 0.2) is 42.5 Å². The molecule has 3 aliphatic heterocycles. The predicted octanol–water partition coefficient (Wildman–Crippen LogP) is 5.41. The third-order valence-corrected chi connectivity index (χ3v) is 13.1. The minimum absolute atomic E-state index is 0.00279. The minimum atomic E-state index is -0.235. The van der Waals surface area contributed by atoms with E-state index in [4.69, 9.17) is 14.6 Å². The van der Waals surface area contributed by atoms with E-state index in [-0.39, 0.29) is 42.7 Å². The third kappa shape index (κ3) is 7.92.